The van der Waals surface area contributed by atoms with Crippen molar-refractivity contribution >= 4 is 18.0 Å². The quantitative estimate of drug-likeness (QED) is 0.665. The first-order valence-corrected chi connectivity index (χ1v) is 11.3. The third kappa shape index (κ3) is 4.49. The molecule has 6 nitrogen and oxygen atoms in total. The van der Waals surface area contributed by atoms with Crippen LogP contribution in [0.1, 0.15) is 56.9 Å². The molecule has 3 aliphatic rings. The van der Waals surface area contributed by atoms with E-state index in [0.29, 0.717) is 31.7 Å². The summed E-state index contributed by atoms with van der Waals surface area (Å²) in [7, 11) is 0. The molecule has 0 spiro atoms. The maximum atomic E-state index is 13.0. The van der Waals surface area contributed by atoms with Crippen molar-refractivity contribution in [2.24, 2.45) is 5.92 Å². The number of aldehydes is 1. The van der Waals surface area contributed by atoms with Crippen LogP contribution in [0.5, 0.6) is 0 Å². The molecule has 6 heteroatoms. The molecule has 1 aliphatic carbocycles. The summed E-state index contributed by atoms with van der Waals surface area (Å²) in [6.07, 6.45) is 8.38. The highest BCUT2D eigenvalue weighted by Gasteiger charge is 2.52. The van der Waals surface area contributed by atoms with Crippen LogP contribution in [0.25, 0.3) is 0 Å². The molecule has 0 aromatic heterocycles. The third-order valence-corrected chi connectivity index (χ3v) is 6.97. The molecule has 1 amide bonds. The minimum Gasteiger partial charge on any atom is -0.368 e. The molecule has 1 aromatic rings. The number of piperidine rings is 1. The molecule has 162 valence electrons. The lowest BCUT2D eigenvalue weighted by molar-refractivity contribution is -0.143. The molecule has 2 aliphatic heterocycles. The number of likely N-dealkylation sites (tertiary alicyclic amines) is 1. The molecule has 0 bridgehead atoms. The Kier molecular flexibility index (Phi) is 6.64. The Morgan fingerprint density at radius 2 is 1.93 bits per heavy atom. The van der Waals surface area contributed by atoms with Crippen molar-refractivity contribution in [1.29, 1.82) is 0 Å². The Hall–Kier alpha value is -2.05. The smallest absolute Gasteiger partial charge is 0.222 e. The zero-order valence-corrected chi connectivity index (χ0v) is 17.6. The zero-order chi connectivity index (χ0) is 21.0. The first kappa shape index (κ1) is 21.2. The lowest BCUT2D eigenvalue weighted by atomic mass is 9.87. The number of amides is 1. The van der Waals surface area contributed by atoms with Crippen LogP contribution in [0.15, 0.2) is 30.3 Å². The van der Waals surface area contributed by atoms with Crippen LogP contribution >= 0.6 is 0 Å². The van der Waals surface area contributed by atoms with Gasteiger partial charge >= 0.3 is 0 Å². The summed E-state index contributed by atoms with van der Waals surface area (Å²) in [6, 6.07) is 9.45. The molecule has 3 unspecified atom stereocenters. The minimum atomic E-state index is -1.13. The van der Waals surface area contributed by atoms with Crippen LogP contribution in [0.2, 0.25) is 0 Å². The third-order valence-electron chi connectivity index (χ3n) is 6.97. The molecule has 2 saturated heterocycles. The van der Waals surface area contributed by atoms with E-state index in [-0.39, 0.29) is 24.4 Å². The van der Waals surface area contributed by atoms with Gasteiger partial charge in [0.15, 0.2) is 17.7 Å². The summed E-state index contributed by atoms with van der Waals surface area (Å²) in [5.74, 6) is 0.274. The van der Waals surface area contributed by atoms with Crippen LogP contribution in [0, 0.1) is 5.92 Å². The van der Waals surface area contributed by atoms with Gasteiger partial charge < -0.3 is 10.1 Å². The Labute approximate surface area is 178 Å². The van der Waals surface area contributed by atoms with Gasteiger partial charge in [-0.1, -0.05) is 56.0 Å². The van der Waals surface area contributed by atoms with E-state index in [1.165, 1.54) is 0 Å². The second-order valence-corrected chi connectivity index (χ2v) is 9.03. The van der Waals surface area contributed by atoms with Gasteiger partial charge in [-0.25, -0.2) is 0 Å². The molecule has 30 heavy (non-hydrogen) atoms. The molecule has 2 heterocycles. The van der Waals surface area contributed by atoms with Gasteiger partial charge in [-0.3, -0.25) is 19.3 Å². The van der Waals surface area contributed by atoms with Crippen molar-refractivity contribution in [3.05, 3.63) is 35.9 Å². The lowest BCUT2D eigenvalue weighted by Gasteiger charge is -2.47. The van der Waals surface area contributed by atoms with Gasteiger partial charge in [-0.05, 0) is 37.2 Å². The Morgan fingerprint density at radius 1 is 1.17 bits per heavy atom. The largest absolute Gasteiger partial charge is 0.368 e. The number of aryl methyl sites for hydroxylation is 1. The second kappa shape index (κ2) is 9.40. The highest BCUT2D eigenvalue weighted by atomic mass is 16.5. The molecule has 4 rings (SSSR count). The summed E-state index contributed by atoms with van der Waals surface area (Å²) < 4.78 is 5.70. The van der Waals surface area contributed by atoms with Gasteiger partial charge in [-0.2, -0.15) is 0 Å². The van der Waals surface area contributed by atoms with Gasteiger partial charge in [0, 0.05) is 13.0 Å². The number of carbonyl (C=O) groups is 3. The van der Waals surface area contributed by atoms with E-state index < -0.39 is 11.7 Å². The number of nitrogens with zero attached hydrogens (tertiary/aromatic N) is 1. The van der Waals surface area contributed by atoms with E-state index in [0.717, 1.165) is 50.4 Å². The van der Waals surface area contributed by atoms with Crippen LogP contribution in [-0.4, -0.2) is 53.8 Å². The van der Waals surface area contributed by atoms with Gasteiger partial charge in [0.1, 0.15) is 6.61 Å². The van der Waals surface area contributed by atoms with E-state index >= 15 is 0 Å². The number of ketones is 1. The average molecular weight is 413 g/mol. The molecule has 3 fully saturated rings. The number of hydrogen-bond donors (Lipinski definition) is 1. The lowest BCUT2D eigenvalue weighted by Crippen LogP contribution is -2.69. The topological polar surface area (TPSA) is 75.7 Å². The van der Waals surface area contributed by atoms with Gasteiger partial charge in [0.2, 0.25) is 5.91 Å². The normalized spacial score (nSPS) is 26.9. The van der Waals surface area contributed by atoms with Crippen LogP contribution in [0.3, 0.4) is 0 Å². The SMILES string of the molecule is O=CC(CC1CCCC1)(NC(=O)CCc1ccccc1)N1CCCC2OCC(=O)C21. The first-order valence-electron chi connectivity index (χ1n) is 11.3. The van der Waals surface area contributed by atoms with E-state index in [1.54, 1.807) is 0 Å². The van der Waals surface area contributed by atoms with Crippen LogP contribution < -0.4 is 5.32 Å². The average Bonchev–Trinajstić information content (AvgIpc) is 3.42. The molecular weight excluding hydrogens is 380 g/mol. The fourth-order valence-corrected chi connectivity index (χ4v) is 5.48. The molecule has 1 saturated carbocycles. The van der Waals surface area contributed by atoms with E-state index in [9.17, 15) is 14.4 Å². The monoisotopic (exact) mass is 412 g/mol. The molecule has 3 atom stereocenters. The van der Waals surface area contributed by atoms with E-state index in [2.05, 4.69) is 5.32 Å². The van der Waals surface area contributed by atoms with Crippen LogP contribution in [0.4, 0.5) is 0 Å². The van der Waals surface area contributed by atoms with Crippen molar-refractivity contribution in [3.63, 3.8) is 0 Å². The van der Waals surface area contributed by atoms with Crippen LogP contribution in [-0.2, 0) is 25.5 Å². The van der Waals surface area contributed by atoms with Crippen molar-refractivity contribution in [1.82, 2.24) is 10.2 Å². The number of fused-ring (bicyclic) bond motifs is 1. The number of ether oxygens (including phenoxy) is 1. The summed E-state index contributed by atoms with van der Waals surface area (Å²) >= 11 is 0. The van der Waals surface area contributed by atoms with Crippen molar-refractivity contribution in [3.8, 4) is 0 Å². The molecule has 1 aromatic carbocycles. The number of Topliss-reactive ketones (excluding diaryl/α,β-unsaturated/α-hetero) is 1. The standard InChI is InChI=1S/C24H32N2O4/c27-17-24(15-19-9-4-5-10-19,25-22(29)13-12-18-7-2-1-3-8-18)26-14-6-11-21-23(26)20(28)16-30-21/h1-3,7-8,17,19,21,23H,4-6,9-16H2,(H,25,29). The van der Waals surface area contributed by atoms with Crippen molar-refractivity contribution in [2.75, 3.05) is 13.2 Å². The second-order valence-electron chi connectivity index (χ2n) is 9.03. The Balaban J connectivity index is 1.54. The number of nitrogens with one attached hydrogen (secondary N) is 1. The molecule has 1 N–H and O–H groups in total. The Bertz CT molecular complexity index is 762. The summed E-state index contributed by atoms with van der Waals surface area (Å²) in [5.41, 5.74) is -0.0345. The number of benzene rings is 1. The minimum absolute atomic E-state index is 0.0240. The fraction of sp³-hybridized carbons (Fsp3) is 0.625. The predicted molar refractivity (Wildman–Crippen MR) is 113 cm³/mol. The van der Waals surface area contributed by atoms with Gasteiger partial charge in [-0.15, -0.1) is 0 Å². The first-order chi connectivity index (χ1) is 14.6. The Morgan fingerprint density at radius 3 is 2.67 bits per heavy atom. The molecule has 0 radical (unpaired) electrons. The fourth-order valence-electron chi connectivity index (χ4n) is 5.48. The number of hydrogen-bond acceptors (Lipinski definition) is 5. The van der Waals surface area contributed by atoms with E-state index in [4.69, 9.17) is 4.74 Å². The maximum Gasteiger partial charge on any atom is 0.222 e. The number of carbonyl (C=O) groups excluding carboxylic acids is 3. The maximum absolute atomic E-state index is 13.0. The van der Waals surface area contributed by atoms with E-state index in [1.807, 2.05) is 35.2 Å². The highest BCUT2D eigenvalue weighted by Crippen LogP contribution is 2.37. The summed E-state index contributed by atoms with van der Waals surface area (Å²) in [5, 5.41) is 3.09. The summed E-state index contributed by atoms with van der Waals surface area (Å²) in [6.45, 7) is 0.729. The van der Waals surface area contributed by atoms with Gasteiger partial charge in [0.25, 0.3) is 0 Å². The number of rotatable bonds is 8. The van der Waals surface area contributed by atoms with Gasteiger partial charge in [0.05, 0.1) is 12.1 Å². The summed E-state index contributed by atoms with van der Waals surface area (Å²) in [4.78, 5) is 40.2. The zero-order valence-electron chi connectivity index (χ0n) is 17.6. The van der Waals surface area contributed by atoms with Crippen molar-refractivity contribution < 1.29 is 19.1 Å². The highest BCUT2D eigenvalue weighted by molar-refractivity contribution is 5.89. The van der Waals surface area contributed by atoms with Crippen molar-refractivity contribution in [2.45, 2.75) is 75.6 Å². The predicted octanol–water partition coefficient (Wildman–Crippen LogP) is 2.64. The molecular formula is C24H32N2O4.